The van der Waals surface area contributed by atoms with Gasteiger partial charge in [-0.15, -0.1) is 0 Å². The molecule has 0 aliphatic rings. The Hall–Kier alpha value is 0.0649. The first kappa shape index (κ1) is 13.1. The first-order valence-electron chi connectivity index (χ1n) is 6.10. The number of hydrogen-bond donors (Lipinski definition) is 0. The van der Waals surface area contributed by atoms with Crippen molar-refractivity contribution in [2.75, 3.05) is 0 Å². The minimum absolute atomic E-state index is 0.920. The molecule has 0 aliphatic heterocycles. The van der Waals surface area contributed by atoms with E-state index >= 15 is 0 Å². The van der Waals surface area contributed by atoms with Gasteiger partial charge in [-0.25, -0.2) is 0 Å². The molecule has 0 spiro atoms. The Labute approximate surface area is 85.7 Å². The predicted octanol–water partition coefficient (Wildman–Crippen LogP) is 4.13. The fourth-order valence-electron chi connectivity index (χ4n) is 2.25. The molecule has 0 amide bonds. The van der Waals surface area contributed by atoms with Crippen molar-refractivity contribution in [3.63, 3.8) is 0 Å². The number of rotatable bonds is 7. The van der Waals surface area contributed by atoms with Crippen LogP contribution in [0.2, 0.25) is 12.1 Å². The molecule has 0 bridgehead atoms. The molecular weight excluding hydrogens is 155 g/mol. The van der Waals surface area contributed by atoms with Gasteiger partial charge in [-0.05, 0) is 18.3 Å². The highest BCUT2D eigenvalue weighted by Crippen LogP contribution is 2.23. The molecule has 0 aromatic carbocycles. The predicted molar refractivity (Wildman–Crippen MR) is 64.9 cm³/mol. The highest BCUT2D eigenvalue weighted by molar-refractivity contribution is 6.37. The molecule has 1 heteroatoms. The maximum atomic E-state index is 2.42. The van der Waals surface area contributed by atoms with Crippen molar-refractivity contribution in [3.8, 4) is 0 Å². The average molecular weight is 182 g/mol. The van der Waals surface area contributed by atoms with E-state index in [1.165, 1.54) is 32.9 Å². The van der Waals surface area contributed by atoms with Crippen LogP contribution >= 0.6 is 0 Å². The van der Waals surface area contributed by atoms with E-state index in [4.69, 9.17) is 0 Å². The summed E-state index contributed by atoms with van der Waals surface area (Å²) in [6, 6.07) is 0. The monoisotopic (exact) mass is 182 g/mol. The maximum Gasteiger partial charge on any atom is 0.123 e. The molecule has 0 aromatic heterocycles. The van der Waals surface area contributed by atoms with Crippen LogP contribution in [0.25, 0.3) is 0 Å². The van der Waals surface area contributed by atoms with Crippen molar-refractivity contribution in [2.45, 2.75) is 66.0 Å². The second-order valence-corrected chi connectivity index (χ2v) is 4.98. The molecular formula is C12H27B. The van der Waals surface area contributed by atoms with Crippen molar-refractivity contribution >= 4 is 7.28 Å². The highest BCUT2D eigenvalue weighted by Gasteiger charge is 2.11. The Morgan fingerprint density at radius 3 is 2.00 bits per heavy atom. The van der Waals surface area contributed by atoms with E-state index in [0.717, 1.165) is 17.7 Å². The molecule has 0 aromatic rings. The molecule has 13 heavy (non-hydrogen) atoms. The second kappa shape index (κ2) is 7.47. The van der Waals surface area contributed by atoms with Gasteiger partial charge in [0.05, 0.1) is 0 Å². The Balaban J connectivity index is 3.54. The molecule has 0 rings (SSSR count). The molecule has 0 N–H and O–H groups in total. The zero-order chi connectivity index (χ0) is 10.3. The van der Waals surface area contributed by atoms with E-state index in [9.17, 15) is 0 Å². The van der Waals surface area contributed by atoms with Crippen LogP contribution in [-0.2, 0) is 0 Å². The molecule has 0 aliphatic carbocycles. The largest absolute Gasteiger partial charge is 0.123 e. The zero-order valence-electron chi connectivity index (χ0n) is 10.3. The van der Waals surface area contributed by atoms with Crippen molar-refractivity contribution in [1.29, 1.82) is 0 Å². The second-order valence-electron chi connectivity index (χ2n) is 4.98. The van der Waals surface area contributed by atoms with E-state index < -0.39 is 0 Å². The third-order valence-electron chi connectivity index (χ3n) is 3.09. The van der Waals surface area contributed by atoms with Crippen LogP contribution in [0.1, 0.15) is 53.9 Å². The molecule has 3 unspecified atom stereocenters. The van der Waals surface area contributed by atoms with E-state index in [1.54, 1.807) is 0 Å². The Morgan fingerprint density at radius 2 is 1.54 bits per heavy atom. The minimum Gasteiger partial charge on any atom is -0.0800 e. The van der Waals surface area contributed by atoms with E-state index in [2.05, 4.69) is 34.6 Å². The Kier molecular flexibility index (Phi) is 7.50. The molecule has 0 nitrogen and oxygen atoms in total. The summed E-state index contributed by atoms with van der Waals surface area (Å²) >= 11 is 0. The lowest BCUT2D eigenvalue weighted by Crippen LogP contribution is -2.07. The molecule has 0 saturated heterocycles. The zero-order valence-corrected chi connectivity index (χ0v) is 10.3. The summed E-state index contributed by atoms with van der Waals surface area (Å²) < 4.78 is 0. The van der Waals surface area contributed by atoms with Crippen LogP contribution in [0.15, 0.2) is 0 Å². The van der Waals surface area contributed by atoms with E-state index in [1.807, 2.05) is 0 Å². The normalized spacial score (nSPS) is 17.9. The molecule has 0 heterocycles. The first-order chi connectivity index (χ1) is 6.10. The minimum atomic E-state index is 0.920. The SMILES string of the molecule is CCBC(C)CC(C)CC(C)CC. The van der Waals surface area contributed by atoms with Gasteiger partial charge in [-0.2, -0.15) is 0 Å². The third-order valence-corrected chi connectivity index (χ3v) is 3.09. The standard InChI is InChI=1S/C12H27B/c1-6-10(3)8-11(4)9-12(5)13-7-2/h10-13H,6-9H2,1-5H3. The lowest BCUT2D eigenvalue weighted by Gasteiger charge is -2.19. The van der Waals surface area contributed by atoms with Crippen LogP contribution in [0, 0.1) is 11.8 Å². The van der Waals surface area contributed by atoms with Gasteiger partial charge < -0.3 is 0 Å². The molecule has 0 fully saturated rings. The van der Waals surface area contributed by atoms with Gasteiger partial charge in [0.2, 0.25) is 0 Å². The van der Waals surface area contributed by atoms with Crippen molar-refractivity contribution < 1.29 is 0 Å². The lowest BCUT2D eigenvalue weighted by atomic mass is 9.60. The summed E-state index contributed by atoms with van der Waals surface area (Å²) in [5, 5.41) is 0. The highest BCUT2D eigenvalue weighted by atomic mass is 14.1. The summed E-state index contributed by atoms with van der Waals surface area (Å²) in [7, 11) is 1.41. The fourth-order valence-corrected chi connectivity index (χ4v) is 2.25. The quantitative estimate of drug-likeness (QED) is 0.519. The molecule has 3 atom stereocenters. The van der Waals surface area contributed by atoms with Gasteiger partial charge >= 0.3 is 0 Å². The van der Waals surface area contributed by atoms with Gasteiger partial charge in [0.25, 0.3) is 0 Å². The van der Waals surface area contributed by atoms with Crippen molar-refractivity contribution in [2.24, 2.45) is 11.8 Å². The lowest BCUT2D eigenvalue weighted by molar-refractivity contribution is 0.384. The van der Waals surface area contributed by atoms with Crippen molar-refractivity contribution in [3.05, 3.63) is 0 Å². The fraction of sp³-hybridized carbons (Fsp3) is 1.00. The average Bonchev–Trinajstić information content (AvgIpc) is 2.04. The van der Waals surface area contributed by atoms with Gasteiger partial charge in [0.1, 0.15) is 7.28 Å². The summed E-state index contributed by atoms with van der Waals surface area (Å²) in [5.41, 5.74) is 0. The van der Waals surface area contributed by atoms with Crippen LogP contribution in [0.5, 0.6) is 0 Å². The molecule has 0 saturated carbocycles. The van der Waals surface area contributed by atoms with Gasteiger partial charge in [-0.3, -0.25) is 0 Å². The van der Waals surface area contributed by atoms with Gasteiger partial charge in [-0.1, -0.05) is 59.6 Å². The van der Waals surface area contributed by atoms with Crippen LogP contribution < -0.4 is 0 Å². The first-order valence-corrected chi connectivity index (χ1v) is 6.10. The summed E-state index contributed by atoms with van der Waals surface area (Å²) in [4.78, 5) is 0. The smallest absolute Gasteiger partial charge is 0.0800 e. The maximum absolute atomic E-state index is 2.42. The Morgan fingerprint density at radius 1 is 0.923 bits per heavy atom. The van der Waals surface area contributed by atoms with Crippen LogP contribution in [0.3, 0.4) is 0 Å². The summed E-state index contributed by atoms with van der Waals surface area (Å²) in [6.45, 7) is 11.8. The third kappa shape index (κ3) is 7.16. The Bertz CT molecular complexity index is 112. The van der Waals surface area contributed by atoms with Crippen molar-refractivity contribution in [1.82, 2.24) is 0 Å². The summed E-state index contributed by atoms with van der Waals surface area (Å²) in [6.07, 6.45) is 5.53. The van der Waals surface area contributed by atoms with E-state index in [-0.39, 0.29) is 0 Å². The van der Waals surface area contributed by atoms with Gasteiger partial charge in [0.15, 0.2) is 0 Å². The topological polar surface area (TPSA) is 0 Å². The summed E-state index contributed by atoms with van der Waals surface area (Å²) in [5.74, 6) is 2.78. The molecule has 0 radical (unpaired) electrons. The van der Waals surface area contributed by atoms with Gasteiger partial charge in [0, 0.05) is 0 Å². The number of hydrogen-bond acceptors (Lipinski definition) is 0. The van der Waals surface area contributed by atoms with Crippen LogP contribution in [-0.4, -0.2) is 7.28 Å². The molecule has 78 valence electrons. The van der Waals surface area contributed by atoms with E-state index in [0.29, 0.717) is 0 Å². The van der Waals surface area contributed by atoms with Crippen LogP contribution in [0.4, 0.5) is 0 Å².